The third-order valence-corrected chi connectivity index (χ3v) is 9.53. The Kier molecular flexibility index (Phi) is 5.03. The Morgan fingerprint density at radius 3 is 1.56 bits per heavy atom. The number of hydrogen-bond acceptors (Lipinski definition) is 1. The molecule has 0 radical (unpaired) electrons. The number of nitrogens with zero attached hydrogens (tertiary/aromatic N) is 2. The zero-order valence-corrected chi connectivity index (χ0v) is 24.4. The van der Waals surface area contributed by atoms with E-state index in [4.69, 9.17) is 4.98 Å². The molecule has 0 aliphatic rings. The average Bonchev–Trinajstić information content (AvgIpc) is 3.51. The van der Waals surface area contributed by atoms with Gasteiger partial charge in [-0.1, -0.05) is 121 Å². The molecule has 2 heterocycles. The molecule has 0 amide bonds. The van der Waals surface area contributed by atoms with Crippen LogP contribution in [0, 0.1) is 0 Å². The van der Waals surface area contributed by atoms with E-state index in [1.807, 2.05) is 0 Å². The molecule has 0 spiro atoms. The molecular weight excluding hydrogens is 544 g/mol. The molecule has 10 aromatic rings. The number of benzene rings is 8. The monoisotopic (exact) mass is 570 g/mol. The average molecular weight is 571 g/mol. The largest absolute Gasteiger partial charge is 0.292 e. The number of hydrogen-bond donors (Lipinski definition) is 0. The lowest BCUT2D eigenvalue weighted by Crippen LogP contribution is -1.93. The summed E-state index contributed by atoms with van der Waals surface area (Å²) in [6.45, 7) is 0. The molecule has 2 aromatic heterocycles. The normalized spacial score (nSPS) is 12.0. The summed E-state index contributed by atoms with van der Waals surface area (Å²) in [6, 6.07) is 57.4. The number of pyridine rings is 1. The summed E-state index contributed by atoms with van der Waals surface area (Å²) in [5.74, 6) is 0. The van der Waals surface area contributed by atoms with Crippen LogP contribution in [0.1, 0.15) is 0 Å². The molecule has 2 heteroatoms. The lowest BCUT2D eigenvalue weighted by Gasteiger charge is -2.17. The maximum Gasteiger partial charge on any atom is 0.146 e. The van der Waals surface area contributed by atoms with Crippen LogP contribution in [0.15, 0.2) is 158 Å². The van der Waals surface area contributed by atoms with Crippen molar-refractivity contribution in [3.8, 4) is 22.3 Å². The third-order valence-electron chi connectivity index (χ3n) is 9.53. The van der Waals surface area contributed by atoms with Gasteiger partial charge in [-0.2, -0.15) is 0 Å². The first-order valence-electron chi connectivity index (χ1n) is 15.5. The van der Waals surface area contributed by atoms with Gasteiger partial charge in [0.25, 0.3) is 0 Å². The maximum atomic E-state index is 5.07. The molecule has 8 aromatic carbocycles. The Bertz CT molecular complexity index is 2810. The summed E-state index contributed by atoms with van der Waals surface area (Å²) in [7, 11) is 0. The van der Waals surface area contributed by atoms with Gasteiger partial charge in [0.1, 0.15) is 5.65 Å². The van der Waals surface area contributed by atoms with Crippen molar-refractivity contribution >= 4 is 70.7 Å². The minimum Gasteiger partial charge on any atom is -0.292 e. The summed E-state index contributed by atoms with van der Waals surface area (Å²) in [5, 5.41) is 11.3. The Labute approximate surface area is 259 Å². The van der Waals surface area contributed by atoms with Crippen molar-refractivity contribution < 1.29 is 0 Å². The molecule has 0 fully saturated rings. The minimum atomic E-state index is 1.00. The highest BCUT2D eigenvalue weighted by Crippen LogP contribution is 2.43. The number of para-hydroxylation sites is 2. The van der Waals surface area contributed by atoms with Gasteiger partial charge < -0.3 is 0 Å². The van der Waals surface area contributed by atoms with Crippen molar-refractivity contribution in [2.75, 3.05) is 0 Å². The predicted octanol–water partition coefficient (Wildman–Crippen LogP) is 11.6. The lowest BCUT2D eigenvalue weighted by molar-refractivity contribution is 1.31. The van der Waals surface area contributed by atoms with Crippen molar-refractivity contribution in [2.24, 2.45) is 0 Å². The molecule has 0 aliphatic heterocycles. The Balaban J connectivity index is 1.32. The molecule has 0 N–H and O–H groups in total. The van der Waals surface area contributed by atoms with E-state index < -0.39 is 0 Å². The minimum absolute atomic E-state index is 1.00. The molecular formula is C43H26N2. The van der Waals surface area contributed by atoms with E-state index in [2.05, 4.69) is 162 Å². The molecule has 10 rings (SSSR count). The van der Waals surface area contributed by atoms with Crippen LogP contribution in [-0.2, 0) is 0 Å². The van der Waals surface area contributed by atoms with Gasteiger partial charge in [-0.3, -0.25) is 4.40 Å². The highest BCUT2D eigenvalue weighted by atomic mass is 15.0. The van der Waals surface area contributed by atoms with E-state index in [1.165, 1.54) is 76.2 Å². The molecule has 0 saturated carbocycles. The van der Waals surface area contributed by atoms with Crippen LogP contribution in [0.4, 0.5) is 0 Å². The smallest absolute Gasteiger partial charge is 0.146 e. The van der Waals surface area contributed by atoms with Gasteiger partial charge in [-0.25, -0.2) is 4.98 Å². The standard InChI is InChI=1S/C43H26N2/c1-2-12-27(13-3-1)35-25-37-32-17-7-5-15-30(32)36(26-38(37)31-16-6-4-14-29(31)35)28-22-23-41-39(24-28)33-18-8-9-19-34(33)43-44-40-20-10-11-21-42(40)45(41)43/h1-26H. The number of rotatable bonds is 2. The number of aromatic nitrogens is 2. The van der Waals surface area contributed by atoms with Crippen molar-refractivity contribution in [1.29, 1.82) is 0 Å². The first-order valence-corrected chi connectivity index (χ1v) is 15.5. The van der Waals surface area contributed by atoms with Gasteiger partial charge in [-0.15, -0.1) is 0 Å². The second-order valence-electron chi connectivity index (χ2n) is 11.9. The third kappa shape index (κ3) is 3.48. The van der Waals surface area contributed by atoms with Crippen LogP contribution in [0.2, 0.25) is 0 Å². The van der Waals surface area contributed by atoms with Gasteiger partial charge in [0.2, 0.25) is 0 Å². The maximum absolute atomic E-state index is 5.07. The SMILES string of the molecule is c1ccc(-c2cc3c4ccccc4c(-c4ccc5c(c4)c4ccccc4c4nc6ccccc6n54)cc3c3ccccc23)cc1. The summed E-state index contributed by atoms with van der Waals surface area (Å²) >= 11 is 0. The van der Waals surface area contributed by atoms with Gasteiger partial charge in [-0.05, 0) is 96.4 Å². The first-order chi connectivity index (χ1) is 22.3. The Morgan fingerprint density at radius 1 is 0.333 bits per heavy atom. The van der Waals surface area contributed by atoms with Crippen molar-refractivity contribution in [3.63, 3.8) is 0 Å². The van der Waals surface area contributed by atoms with Crippen LogP contribution in [-0.4, -0.2) is 9.38 Å². The fourth-order valence-corrected chi connectivity index (χ4v) is 7.52. The van der Waals surface area contributed by atoms with Crippen molar-refractivity contribution in [2.45, 2.75) is 0 Å². The van der Waals surface area contributed by atoms with Gasteiger partial charge in [0, 0.05) is 10.8 Å². The molecule has 0 bridgehead atoms. The molecule has 0 atom stereocenters. The number of imidazole rings is 1. The van der Waals surface area contributed by atoms with Crippen LogP contribution in [0.3, 0.4) is 0 Å². The molecule has 45 heavy (non-hydrogen) atoms. The van der Waals surface area contributed by atoms with Crippen LogP contribution in [0.25, 0.3) is 92.9 Å². The highest BCUT2D eigenvalue weighted by molar-refractivity contribution is 6.24. The number of fused-ring (bicyclic) bond motifs is 13. The van der Waals surface area contributed by atoms with Gasteiger partial charge in [0.15, 0.2) is 0 Å². The second-order valence-corrected chi connectivity index (χ2v) is 11.9. The van der Waals surface area contributed by atoms with Crippen LogP contribution in [0.5, 0.6) is 0 Å². The van der Waals surface area contributed by atoms with E-state index in [-0.39, 0.29) is 0 Å². The summed E-state index contributed by atoms with van der Waals surface area (Å²) in [4.78, 5) is 5.07. The van der Waals surface area contributed by atoms with E-state index in [1.54, 1.807) is 0 Å². The van der Waals surface area contributed by atoms with Gasteiger partial charge >= 0.3 is 0 Å². The van der Waals surface area contributed by atoms with E-state index in [9.17, 15) is 0 Å². The zero-order chi connectivity index (χ0) is 29.5. The van der Waals surface area contributed by atoms with Gasteiger partial charge in [0.05, 0.1) is 16.6 Å². The lowest BCUT2D eigenvalue weighted by atomic mass is 9.87. The molecule has 208 valence electrons. The molecule has 2 nitrogen and oxygen atoms in total. The van der Waals surface area contributed by atoms with E-state index in [0.717, 1.165) is 16.7 Å². The zero-order valence-electron chi connectivity index (χ0n) is 24.4. The Morgan fingerprint density at radius 2 is 0.867 bits per heavy atom. The topological polar surface area (TPSA) is 17.3 Å². The predicted molar refractivity (Wildman–Crippen MR) is 191 cm³/mol. The molecule has 0 saturated heterocycles. The fraction of sp³-hybridized carbons (Fsp3) is 0. The van der Waals surface area contributed by atoms with E-state index >= 15 is 0 Å². The molecule has 0 aliphatic carbocycles. The van der Waals surface area contributed by atoms with Crippen molar-refractivity contribution in [3.05, 3.63) is 158 Å². The summed E-state index contributed by atoms with van der Waals surface area (Å²) in [5.41, 5.74) is 9.29. The summed E-state index contributed by atoms with van der Waals surface area (Å²) < 4.78 is 2.33. The molecule has 0 unspecified atom stereocenters. The van der Waals surface area contributed by atoms with Crippen LogP contribution >= 0.6 is 0 Å². The Hall–Kier alpha value is -5.99. The fourth-order valence-electron chi connectivity index (χ4n) is 7.52. The van der Waals surface area contributed by atoms with Crippen molar-refractivity contribution in [1.82, 2.24) is 9.38 Å². The highest BCUT2D eigenvalue weighted by Gasteiger charge is 2.17. The second kappa shape index (κ2) is 9.25. The first kappa shape index (κ1) is 24.5. The van der Waals surface area contributed by atoms with E-state index in [0.29, 0.717) is 0 Å². The quantitative estimate of drug-likeness (QED) is 0.189. The van der Waals surface area contributed by atoms with Crippen LogP contribution < -0.4 is 0 Å². The summed E-state index contributed by atoms with van der Waals surface area (Å²) in [6.07, 6.45) is 0.